The molecular weight excluding hydrogens is 426 g/mol. The summed E-state index contributed by atoms with van der Waals surface area (Å²) in [5.41, 5.74) is 4.12. The maximum atomic E-state index is 12.6. The zero-order chi connectivity index (χ0) is 23.7. The number of benzene rings is 1. The quantitative estimate of drug-likeness (QED) is 0.507. The summed E-state index contributed by atoms with van der Waals surface area (Å²) >= 11 is 0. The highest BCUT2D eigenvalue weighted by Gasteiger charge is 2.54. The van der Waals surface area contributed by atoms with Crippen LogP contribution in [0.3, 0.4) is 0 Å². The van der Waals surface area contributed by atoms with E-state index in [1.54, 1.807) is 13.4 Å². The van der Waals surface area contributed by atoms with Crippen molar-refractivity contribution in [3.63, 3.8) is 0 Å². The molecule has 5 nitrogen and oxygen atoms in total. The van der Waals surface area contributed by atoms with Gasteiger partial charge in [-0.25, -0.2) is 0 Å². The molecule has 1 heterocycles. The third kappa shape index (κ3) is 4.30. The van der Waals surface area contributed by atoms with Crippen LogP contribution >= 0.6 is 0 Å². The number of ether oxygens (including phenoxy) is 1. The first-order valence-electron chi connectivity index (χ1n) is 13.0. The summed E-state index contributed by atoms with van der Waals surface area (Å²) in [5.74, 6) is 4.09. The van der Waals surface area contributed by atoms with Gasteiger partial charge < -0.3 is 14.5 Å². The van der Waals surface area contributed by atoms with Gasteiger partial charge in [-0.15, -0.1) is 0 Å². The first-order chi connectivity index (χ1) is 16.5. The van der Waals surface area contributed by atoms with Crippen LogP contribution in [0.1, 0.15) is 86.7 Å². The molecule has 1 aromatic carbocycles. The van der Waals surface area contributed by atoms with Crippen LogP contribution in [0.2, 0.25) is 0 Å². The second-order valence-corrected chi connectivity index (χ2v) is 10.8. The summed E-state index contributed by atoms with van der Waals surface area (Å²) in [7, 11) is 1.76. The van der Waals surface area contributed by atoms with Crippen LogP contribution in [0.25, 0.3) is 0 Å². The summed E-state index contributed by atoms with van der Waals surface area (Å²) in [4.78, 5) is 24.8. The minimum Gasteiger partial charge on any atom is -0.496 e. The number of aryl methyl sites for hydroxylation is 2. The van der Waals surface area contributed by atoms with E-state index in [4.69, 9.17) is 9.15 Å². The third-order valence-electron chi connectivity index (χ3n) is 8.97. The summed E-state index contributed by atoms with van der Waals surface area (Å²) < 4.78 is 11.0. The average molecular weight is 464 g/mol. The van der Waals surface area contributed by atoms with Crippen molar-refractivity contribution in [1.82, 2.24) is 5.32 Å². The van der Waals surface area contributed by atoms with Crippen LogP contribution in [0.4, 0.5) is 0 Å². The van der Waals surface area contributed by atoms with Gasteiger partial charge in [-0.05, 0) is 104 Å². The molecule has 0 radical (unpaired) electrons. The third-order valence-corrected chi connectivity index (χ3v) is 8.97. The Kier molecular flexibility index (Phi) is 6.54. The van der Waals surface area contributed by atoms with Gasteiger partial charge in [-0.1, -0.05) is 13.0 Å². The average Bonchev–Trinajstić information content (AvgIpc) is 3.47. The number of hydrogen-bond donors (Lipinski definition) is 1. The number of methoxy groups -OCH3 is 1. The molecule has 1 aromatic heterocycles. The SMILES string of the molecule is COc1cc2c(cc1CCCCC(=O)NCc1ccco1)C1CC[C@]3(C)C(=O)CCC3C1CC2. The summed E-state index contributed by atoms with van der Waals surface area (Å²) in [6, 6.07) is 8.37. The molecule has 2 fully saturated rings. The number of hydrogen-bond acceptors (Lipinski definition) is 4. The Morgan fingerprint density at radius 3 is 2.88 bits per heavy atom. The number of rotatable bonds is 8. The predicted octanol–water partition coefficient (Wildman–Crippen LogP) is 5.74. The van der Waals surface area contributed by atoms with E-state index < -0.39 is 0 Å². The molecule has 0 saturated heterocycles. The number of Topliss-reactive ketones (excluding diaryl/α,β-unsaturated/α-hetero) is 1. The Morgan fingerprint density at radius 1 is 1.21 bits per heavy atom. The lowest BCUT2D eigenvalue weighted by atomic mass is 9.55. The smallest absolute Gasteiger partial charge is 0.220 e. The molecule has 0 aliphatic heterocycles. The van der Waals surface area contributed by atoms with Gasteiger partial charge in [0.15, 0.2) is 0 Å². The molecule has 2 aromatic rings. The number of ketones is 1. The number of amides is 1. The summed E-state index contributed by atoms with van der Waals surface area (Å²) in [6.45, 7) is 2.68. The maximum absolute atomic E-state index is 12.6. The molecule has 0 bridgehead atoms. The zero-order valence-corrected chi connectivity index (χ0v) is 20.5. The van der Waals surface area contributed by atoms with Crippen molar-refractivity contribution >= 4 is 11.7 Å². The molecule has 182 valence electrons. The van der Waals surface area contributed by atoms with Crippen LogP contribution in [0.5, 0.6) is 5.75 Å². The van der Waals surface area contributed by atoms with E-state index in [1.165, 1.54) is 23.1 Å². The second kappa shape index (κ2) is 9.59. The fourth-order valence-electron chi connectivity index (χ4n) is 7.09. The Balaban J connectivity index is 1.22. The zero-order valence-electron chi connectivity index (χ0n) is 20.5. The molecule has 5 rings (SSSR count). The lowest BCUT2D eigenvalue weighted by Gasteiger charge is -2.48. The molecule has 1 N–H and O–H groups in total. The van der Waals surface area contributed by atoms with E-state index in [9.17, 15) is 9.59 Å². The van der Waals surface area contributed by atoms with E-state index in [-0.39, 0.29) is 11.3 Å². The van der Waals surface area contributed by atoms with Gasteiger partial charge in [0.1, 0.15) is 17.3 Å². The van der Waals surface area contributed by atoms with Crippen LogP contribution < -0.4 is 10.1 Å². The molecule has 34 heavy (non-hydrogen) atoms. The first kappa shape index (κ1) is 23.2. The Bertz CT molecular complexity index is 1040. The van der Waals surface area contributed by atoms with Crippen molar-refractivity contribution in [2.75, 3.05) is 7.11 Å². The van der Waals surface area contributed by atoms with Gasteiger partial charge >= 0.3 is 0 Å². The van der Waals surface area contributed by atoms with Crippen molar-refractivity contribution < 1.29 is 18.7 Å². The van der Waals surface area contributed by atoms with Gasteiger partial charge in [0.05, 0.1) is 19.9 Å². The standard InChI is InChI=1S/C29H37NO4/c1-29-14-13-22-23(25(29)11-12-27(29)31)10-9-19-17-26(33-2)20(16-24(19)22)6-3-4-8-28(32)30-18-21-7-5-15-34-21/h5,7,15-17,22-23,25H,3-4,6,8-14,18H2,1-2H3,(H,30,32)/t22?,23?,25?,29-/m0/s1. The number of fused-ring (bicyclic) bond motifs is 5. The number of carbonyl (C=O) groups is 2. The van der Waals surface area contributed by atoms with E-state index in [0.717, 1.165) is 62.9 Å². The molecule has 5 heteroatoms. The van der Waals surface area contributed by atoms with Gasteiger partial charge in [-0.3, -0.25) is 9.59 Å². The van der Waals surface area contributed by atoms with Gasteiger partial charge in [0.2, 0.25) is 5.91 Å². The highest BCUT2D eigenvalue weighted by molar-refractivity contribution is 5.87. The minimum atomic E-state index is -0.0779. The van der Waals surface area contributed by atoms with Gasteiger partial charge in [-0.2, -0.15) is 0 Å². The van der Waals surface area contributed by atoms with Crippen molar-refractivity contribution in [2.24, 2.45) is 17.3 Å². The van der Waals surface area contributed by atoms with Crippen molar-refractivity contribution in [1.29, 1.82) is 0 Å². The number of carbonyl (C=O) groups excluding carboxylic acids is 2. The maximum Gasteiger partial charge on any atom is 0.220 e. The van der Waals surface area contributed by atoms with Crippen LogP contribution in [0.15, 0.2) is 34.9 Å². The molecule has 1 amide bonds. The predicted molar refractivity (Wildman–Crippen MR) is 131 cm³/mol. The van der Waals surface area contributed by atoms with Gasteiger partial charge in [0, 0.05) is 18.3 Å². The van der Waals surface area contributed by atoms with Crippen LogP contribution in [-0.2, 0) is 29.0 Å². The molecule has 2 saturated carbocycles. The monoisotopic (exact) mass is 463 g/mol. The Labute approximate surface area is 202 Å². The first-order valence-corrected chi connectivity index (χ1v) is 13.0. The Morgan fingerprint density at radius 2 is 2.09 bits per heavy atom. The highest BCUT2D eigenvalue weighted by atomic mass is 16.5. The normalized spacial score (nSPS) is 27.6. The minimum absolute atomic E-state index is 0.0630. The van der Waals surface area contributed by atoms with Gasteiger partial charge in [0.25, 0.3) is 0 Å². The van der Waals surface area contributed by atoms with Crippen LogP contribution in [-0.4, -0.2) is 18.8 Å². The van der Waals surface area contributed by atoms with Crippen molar-refractivity contribution in [3.05, 3.63) is 53.0 Å². The second-order valence-electron chi connectivity index (χ2n) is 10.8. The highest BCUT2D eigenvalue weighted by Crippen LogP contribution is 2.59. The Hall–Kier alpha value is -2.56. The lowest BCUT2D eigenvalue weighted by molar-refractivity contribution is -0.129. The number of nitrogens with one attached hydrogen (secondary N) is 1. The molecule has 4 atom stereocenters. The lowest BCUT2D eigenvalue weighted by Crippen LogP contribution is -2.42. The van der Waals surface area contributed by atoms with E-state index in [0.29, 0.717) is 36.5 Å². The van der Waals surface area contributed by atoms with E-state index in [2.05, 4.69) is 24.4 Å². The fourth-order valence-corrected chi connectivity index (χ4v) is 7.09. The topological polar surface area (TPSA) is 68.5 Å². The molecule has 3 unspecified atom stereocenters. The largest absolute Gasteiger partial charge is 0.496 e. The summed E-state index contributed by atoms with van der Waals surface area (Å²) in [6.07, 6.45) is 11.2. The van der Waals surface area contributed by atoms with E-state index in [1.807, 2.05) is 12.1 Å². The van der Waals surface area contributed by atoms with Crippen molar-refractivity contribution in [2.45, 2.75) is 83.6 Å². The molecule has 3 aliphatic rings. The fraction of sp³-hybridized carbons (Fsp3) is 0.586. The number of furan rings is 1. The molecule has 0 spiro atoms. The number of unbranched alkanes of at least 4 members (excludes halogenated alkanes) is 1. The molecular formula is C29H37NO4. The summed E-state index contributed by atoms with van der Waals surface area (Å²) in [5, 5.41) is 2.92. The van der Waals surface area contributed by atoms with Crippen molar-refractivity contribution in [3.8, 4) is 5.75 Å². The molecule has 3 aliphatic carbocycles. The van der Waals surface area contributed by atoms with Crippen LogP contribution in [0, 0.1) is 17.3 Å². The van der Waals surface area contributed by atoms with E-state index >= 15 is 0 Å².